The maximum Gasteiger partial charge on any atom is 0.328 e. The van der Waals surface area contributed by atoms with Crippen LogP contribution in [0.1, 0.15) is 26.3 Å². The molecule has 6 nitrogen and oxygen atoms in total. The molecular weight excluding hydrogens is 278 g/mol. The Morgan fingerprint density at radius 1 is 1.18 bits per heavy atom. The summed E-state index contributed by atoms with van der Waals surface area (Å²) < 4.78 is 1.63. The van der Waals surface area contributed by atoms with Crippen LogP contribution in [-0.4, -0.2) is 25.1 Å². The van der Waals surface area contributed by atoms with Crippen molar-refractivity contribution in [2.75, 3.05) is 5.32 Å². The molecule has 2 heterocycles. The van der Waals surface area contributed by atoms with Gasteiger partial charge >= 0.3 is 5.69 Å². The van der Waals surface area contributed by atoms with Crippen LogP contribution in [-0.2, 0) is 6.54 Å². The maximum absolute atomic E-state index is 12.3. The largest absolute Gasteiger partial charge is 0.364 e. The summed E-state index contributed by atoms with van der Waals surface area (Å²) in [7, 11) is 0. The van der Waals surface area contributed by atoms with Crippen molar-refractivity contribution in [2.24, 2.45) is 0 Å². The van der Waals surface area contributed by atoms with E-state index in [1.165, 1.54) is 6.33 Å². The molecule has 0 fully saturated rings. The number of aromatic nitrogens is 4. The van der Waals surface area contributed by atoms with Crippen molar-refractivity contribution in [3.05, 3.63) is 52.7 Å². The van der Waals surface area contributed by atoms with Gasteiger partial charge in [0.25, 0.3) is 0 Å². The van der Waals surface area contributed by atoms with E-state index >= 15 is 0 Å². The Bertz CT molecular complexity index is 842. The van der Waals surface area contributed by atoms with E-state index in [0.717, 1.165) is 5.56 Å². The standard InChI is InChI=1S/C16H19N5O/c1-16(2,3)20-13-12-14(18-10-17-13)21(15(22)19-12)9-11-7-5-4-6-8-11/h4-8,10H,9H2,1-3H3,(H,19,22)(H,17,18,20). The van der Waals surface area contributed by atoms with E-state index in [0.29, 0.717) is 23.5 Å². The molecule has 6 heteroatoms. The molecule has 0 aliphatic carbocycles. The number of H-pyrrole nitrogens is 1. The third-order valence-electron chi connectivity index (χ3n) is 3.24. The molecule has 114 valence electrons. The normalized spacial score (nSPS) is 11.8. The number of rotatable bonds is 3. The summed E-state index contributed by atoms with van der Waals surface area (Å²) in [4.78, 5) is 23.6. The molecule has 1 aromatic carbocycles. The lowest BCUT2D eigenvalue weighted by Crippen LogP contribution is -2.26. The van der Waals surface area contributed by atoms with Gasteiger partial charge in [-0.05, 0) is 26.3 Å². The molecular formula is C16H19N5O. The highest BCUT2D eigenvalue weighted by Crippen LogP contribution is 2.19. The van der Waals surface area contributed by atoms with Gasteiger partial charge in [-0.2, -0.15) is 0 Å². The Morgan fingerprint density at radius 2 is 1.91 bits per heavy atom. The molecule has 2 aromatic heterocycles. The molecule has 0 saturated carbocycles. The van der Waals surface area contributed by atoms with Crippen molar-refractivity contribution in [1.29, 1.82) is 0 Å². The fourth-order valence-electron chi connectivity index (χ4n) is 2.33. The number of nitrogens with one attached hydrogen (secondary N) is 2. The molecule has 22 heavy (non-hydrogen) atoms. The summed E-state index contributed by atoms with van der Waals surface area (Å²) in [5.41, 5.74) is 1.96. The first-order valence-corrected chi connectivity index (χ1v) is 7.20. The van der Waals surface area contributed by atoms with E-state index in [1.807, 2.05) is 51.1 Å². The van der Waals surface area contributed by atoms with Crippen LogP contribution in [0, 0.1) is 0 Å². The molecule has 3 aromatic rings. The van der Waals surface area contributed by atoms with E-state index in [2.05, 4.69) is 20.3 Å². The average Bonchev–Trinajstić information content (AvgIpc) is 2.77. The number of benzene rings is 1. The van der Waals surface area contributed by atoms with Crippen molar-refractivity contribution < 1.29 is 0 Å². The molecule has 0 spiro atoms. The first kappa shape index (κ1) is 14.3. The second-order valence-electron chi connectivity index (χ2n) is 6.30. The number of anilines is 1. The number of nitrogens with zero attached hydrogens (tertiary/aromatic N) is 3. The highest BCUT2D eigenvalue weighted by Gasteiger charge is 2.17. The Labute approximate surface area is 128 Å². The van der Waals surface area contributed by atoms with Gasteiger partial charge in [0, 0.05) is 5.54 Å². The van der Waals surface area contributed by atoms with Gasteiger partial charge in [0.15, 0.2) is 11.5 Å². The second-order valence-corrected chi connectivity index (χ2v) is 6.30. The number of aromatic amines is 1. The molecule has 0 bridgehead atoms. The van der Waals surface area contributed by atoms with Gasteiger partial charge in [0.1, 0.15) is 11.8 Å². The topological polar surface area (TPSA) is 75.6 Å². The van der Waals surface area contributed by atoms with Gasteiger partial charge in [-0.1, -0.05) is 30.3 Å². The fourth-order valence-corrected chi connectivity index (χ4v) is 2.33. The summed E-state index contributed by atoms with van der Waals surface area (Å²) in [6.45, 7) is 6.60. The predicted molar refractivity (Wildman–Crippen MR) is 87.1 cm³/mol. The zero-order valence-electron chi connectivity index (χ0n) is 12.9. The van der Waals surface area contributed by atoms with Gasteiger partial charge in [0.2, 0.25) is 0 Å². The van der Waals surface area contributed by atoms with Crippen LogP contribution in [0.5, 0.6) is 0 Å². The molecule has 0 amide bonds. The van der Waals surface area contributed by atoms with Gasteiger partial charge < -0.3 is 10.3 Å². The minimum Gasteiger partial charge on any atom is -0.364 e. The zero-order chi connectivity index (χ0) is 15.7. The highest BCUT2D eigenvalue weighted by atomic mass is 16.1. The Kier molecular flexibility index (Phi) is 3.44. The van der Waals surface area contributed by atoms with E-state index < -0.39 is 0 Å². The SMILES string of the molecule is CC(C)(C)Nc1ncnc2c1[nH]c(=O)n2Cc1ccccc1. The Hall–Kier alpha value is -2.63. The minimum absolute atomic E-state index is 0.153. The van der Waals surface area contributed by atoms with Crippen LogP contribution >= 0.6 is 0 Å². The summed E-state index contributed by atoms with van der Waals surface area (Å²) in [6.07, 6.45) is 1.48. The first-order valence-electron chi connectivity index (χ1n) is 7.20. The number of hydrogen-bond acceptors (Lipinski definition) is 4. The van der Waals surface area contributed by atoms with E-state index in [9.17, 15) is 4.79 Å². The Morgan fingerprint density at radius 3 is 2.59 bits per heavy atom. The maximum atomic E-state index is 12.3. The van der Waals surface area contributed by atoms with Gasteiger partial charge in [-0.25, -0.2) is 14.8 Å². The van der Waals surface area contributed by atoms with Crippen LogP contribution < -0.4 is 11.0 Å². The van der Waals surface area contributed by atoms with Gasteiger partial charge in [-0.3, -0.25) is 4.57 Å². The number of hydrogen-bond donors (Lipinski definition) is 2. The fraction of sp³-hybridized carbons (Fsp3) is 0.312. The van der Waals surface area contributed by atoms with E-state index in [-0.39, 0.29) is 11.2 Å². The van der Waals surface area contributed by atoms with Crippen LogP contribution in [0.4, 0.5) is 5.82 Å². The van der Waals surface area contributed by atoms with Crippen LogP contribution in [0.3, 0.4) is 0 Å². The highest BCUT2D eigenvalue weighted by molar-refractivity contribution is 5.82. The zero-order valence-corrected chi connectivity index (χ0v) is 12.9. The molecule has 0 radical (unpaired) electrons. The quantitative estimate of drug-likeness (QED) is 0.778. The summed E-state index contributed by atoms with van der Waals surface area (Å²) >= 11 is 0. The Balaban J connectivity index is 2.07. The average molecular weight is 297 g/mol. The van der Waals surface area contributed by atoms with E-state index in [1.54, 1.807) is 4.57 Å². The van der Waals surface area contributed by atoms with Crippen molar-refractivity contribution in [3.63, 3.8) is 0 Å². The summed E-state index contributed by atoms with van der Waals surface area (Å²) in [5, 5.41) is 3.29. The third kappa shape index (κ3) is 2.86. The summed E-state index contributed by atoms with van der Waals surface area (Å²) in [5.74, 6) is 0.640. The van der Waals surface area contributed by atoms with E-state index in [4.69, 9.17) is 0 Å². The van der Waals surface area contributed by atoms with Crippen molar-refractivity contribution >= 4 is 17.0 Å². The van der Waals surface area contributed by atoms with Crippen molar-refractivity contribution in [1.82, 2.24) is 19.5 Å². The second kappa shape index (κ2) is 5.29. The number of fused-ring (bicyclic) bond motifs is 1. The predicted octanol–water partition coefficient (Wildman–Crippen LogP) is 2.38. The van der Waals surface area contributed by atoms with Gasteiger partial charge in [-0.15, -0.1) is 0 Å². The monoisotopic (exact) mass is 297 g/mol. The lowest BCUT2D eigenvalue weighted by Gasteiger charge is -2.21. The molecule has 3 rings (SSSR count). The first-order chi connectivity index (χ1) is 10.4. The van der Waals surface area contributed by atoms with Crippen LogP contribution in [0.15, 0.2) is 41.5 Å². The molecule has 0 unspecified atom stereocenters. The van der Waals surface area contributed by atoms with Crippen LogP contribution in [0.2, 0.25) is 0 Å². The lowest BCUT2D eigenvalue weighted by molar-refractivity contribution is 0.631. The van der Waals surface area contributed by atoms with Crippen LogP contribution in [0.25, 0.3) is 11.2 Å². The molecule has 0 aliphatic rings. The third-order valence-corrected chi connectivity index (χ3v) is 3.24. The smallest absolute Gasteiger partial charge is 0.328 e. The molecule has 0 atom stereocenters. The summed E-state index contributed by atoms with van der Waals surface area (Å²) in [6, 6.07) is 9.84. The minimum atomic E-state index is -0.184. The molecule has 0 aliphatic heterocycles. The van der Waals surface area contributed by atoms with Crippen molar-refractivity contribution in [2.45, 2.75) is 32.9 Å². The molecule has 0 saturated heterocycles. The van der Waals surface area contributed by atoms with Gasteiger partial charge in [0.05, 0.1) is 6.54 Å². The molecule has 2 N–H and O–H groups in total. The lowest BCUT2D eigenvalue weighted by atomic mass is 10.1. The van der Waals surface area contributed by atoms with Crippen molar-refractivity contribution in [3.8, 4) is 0 Å². The number of imidazole rings is 1.